The lowest BCUT2D eigenvalue weighted by atomic mass is 9.96. The van der Waals surface area contributed by atoms with E-state index in [1.54, 1.807) is 0 Å². The maximum atomic E-state index is 12.3. The summed E-state index contributed by atoms with van der Waals surface area (Å²) in [6, 6.07) is 14.1. The molecule has 5 rings (SSSR count). The van der Waals surface area contributed by atoms with Crippen molar-refractivity contribution >= 4 is 35.0 Å². The van der Waals surface area contributed by atoms with E-state index in [1.165, 1.54) is 0 Å². The van der Waals surface area contributed by atoms with E-state index >= 15 is 0 Å². The molecule has 0 unspecified atom stereocenters. The molecule has 2 N–H and O–H groups in total. The Bertz CT molecular complexity index is 1630. The van der Waals surface area contributed by atoms with Crippen molar-refractivity contribution in [1.82, 2.24) is 15.6 Å². The average molecular weight is 785 g/mol. The van der Waals surface area contributed by atoms with Crippen molar-refractivity contribution in [2.24, 2.45) is 0 Å². The summed E-state index contributed by atoms with van der Waals surface area (Å²) < 4.78 is 29.3. The lowest BCUT2D eigenvalue weighted by Crippen LogP contribution is -2.27. The number of hydrogen-bond donors (Lipinski definition) is 2. The van der Waals surface area contributed by atoms with E-state index in [4.69, 9.17) is 46.9 Å². The number of hydrogen-bond acceptors (Lipinski definition) is 8. The predicted octanol–water partition coefficient (Wildman–Crippen LogP) is 7.99. The van der Waals surface area contributed by atoms with Gasteiger partial charge in [0.15, 0.2) is 0 Å². The summed E-state index contributed by atoms with van der Waals surface area (Å²) >= 11 is 13.5. The number of carbonyl (C=O) groups is 2. The molecule has 2 aromatic carbocycles. The monoisotopic (exact) mass is 783 g/mol. The number of carbonyl (C=O) groups excluding carboxylic acids is 2. The van der Waals surface area contributed by atoms with Gasteiger partial charge in [0.05, 0.1) is 58.0 Å². The Morgan fingerprint density at radius 2 is 1.43 bits per heavy atom. The van der Waals surface area contributed by atoms with Crippen LogP contribution in [0.25, 0.3) is 11.1 Å². The highest BCUT2D eigenvalue weighted by Gasteiger charge is 2.48. The van der Waals surface area contributed by atoms with E-state index < -0.39 is 5.60 Å². The molecule has 0 aliphatic heterocycles. The lowest BCUT2D eigenvalue weighted by molar-refractivity contribution is -0.122. The summed E-state index contributed by atoms with van der Waals surface area (Å²) in [5.74, 6) is 0.960. The van der Waals surface area contributed by atoms with Gasteiger partial charge in [-0.25, -0.2) is 0 Å². The van der Waals surface area contributed by atoms with E-state index in [1.807, 2.05) is 48.8 Å². The Labute approximate surface area is 329 Å². The fourth-order valence-electron chi connectivity index (χ4n) is 6.08. The zero-order valence-corrected chi connectivity index (χ0v) is 33.0. The molecule has 294 valence electrons. The zero-order valence-electron chi connectivity index (χ0n) is 31.5. The van der Waals surface area contributed by atoms with Gasteiger partial charge in [-0.2, -0.15) is 0 Å². The number of ether oxygens (including phenoxy) is 5. The van der Waals surface area contributed by atoms with Crippen LogP contribution in [-0.4, -0.2) is 75.6 Å². The first kappa shape index (κ1) is 41.9. The maximum absolute atomic E-state index is 12.3. The second kappa shape index (κ2) is 22.3. The van der Waals surface area contributed by atoms with Gasteiger partial charge in [-0.1, -0.05) is 54.7 Å². The van der Waals surface area contributed by atoms with Crippen molar-refractivity contribution < 1.29 is 33.3 Å². The first-order chi connectivity index (χ1) is 26.4. The molecule has 2 saturated carbocycles. The van der Waals surface area contributed by atoms with Crippen molar-refractivity contribution in [3.8, 4) is 16.9 Å². The SMILES string of the molecule is CCCCC(=O)NCCOCCOCCOCCNC(=O)CCCCc1cc(Cl)c(COC2(c3cnccc3-c3ccccc3OC3CC3)CC2)cc1Cl. The van der Waals surface area contributed by atoms with Crippen molar-refractivity contribution in [1.29, 1.82) is 0 Å². The molecular weight excluding hydrogens is 729 g/mol. The smallest absolute Gasteiger partial charge is 0.220 e. The van der Waals surface area contributed by atoms with Crippen molar-refractivity contribution in [3.05, 3.63) is 81.6 Å². The number of aromatic nitrogens is 1. The molecule has 54 heavy (non-hydrogen) atoms. The van der Waals surface area contributed by atoms with Crippen LogP contribution in [0, 0.1) is 0 Å². The molecule has 0 radical (unpaired) electrons. The number of amides is 2. The zero-order chi connectivity index (χ0) is 38.0. The molecule has 2 fully saturated rings. The van der Waals surface area contributed by atoms with Gasteiger partial charge in [0.25, 0.3) is 0 Å². The number of aryl methyl sites for hydroxylation is 1. The fraction of sp³-hybridized carbons (Fsp3) is 0.548. The normalized spacial score (nSPS) is 14.5. The van der Waals surface area contributed by atoms with Gasteiger partial charge in [0.1, 0.15) is 5.75 Å². The van der Waals surface area contributed by atoms with Crippen LogP contribution in [0.3, 0.4) is 0 Å². The van der Waals surface area contributed by atoms with Gasteiger partial charge in [-0.15, -0.1) is 0 Å². The largest absolute Gasteiger partial charge is 0.490 e. The highest BCUT2D eigenvalue weighted by molar-refractivity contribution is 6.34. The van der Waals surface area contributed by atoms with Crippen molar-refractivity contribution in [3.63, 3.8) is 0 Å². The van der Waals surface area contributed by atoms with E-state index in [0.29, 0.717) is 88.3 Å². The lowest BCUT2D eigenvalue weighted by Gasteiger charge is -2.22. The van der Waals surface area contributed by atoms with Crippen LogP contribution < -0.4 is 15.4 Å². The van der Waals surface area contributed by atoms with Crippen LogP contribution in [0.2, 0.25) is 10.0 Å². The molecule has 3 aromatic rings. The summed E-state index contributed by atoms with van der Waals surface area (Å²) in [7, 11) is 0. The quantitative estimate of drug-likeness (QED) is 0.0748. The molecule has 0 saturated heterocycles. The Balaban J connectivity index is 0.934. The number of benzene rings is 2. The Hall–Kier alpha value is -3.25. The molecule has 12 heteroatoms. The fourth-order valence-corrected chi connectivity index (χ4v) is 6.61. The Morgan fingerprint density at radius 3 is 2.09 bits per heavy atom. The Kier molecular flexibility index (Phi) is 17.3. The summed E-state index contributed by atoms with van der Waals surface area (Å²) in [6.07, 6.45) is 13.2. The molecule has 0 atom stereocenters. The first-order valence-corrected chi connectivity index (χ1v) is 20.2. The summed E-state index contributed by atoms with van der Waals surface area (Å²) in [6.45, 7) is 6.04. The van der Waals surface area contributed by atoms with Gasteiger partial charge in [-0.3, -0.25) is 14.6 Å². The molecule has 10 nitrogen and oxygen atoms in total. The van der Waals surface area contributed by atoms with Gasteiger partial charge in [-0.05, 0) is 92.3 Å². The van der Waals surface area contributed by atoms with E-state index in [2.05, 4.69) is 28.6 Å². The summed E-state index contributed by atoms with van der Waals surface area (Å²) in [4.78, 5) is 28.3. The van der Waals surface area contributed by atoms with E-state index in [9.17, 15) is 9.59 Å². The standard InChI is InChI=1S/C42H55Cl2N3O7/c1-2-3-11-40(48)46-19-21-50-23-25-52-26-24-51-22-20-47-41(49)12-7-4-8-31-27-38(44)32(28-37(31)43)30-53-42(16-17-42)36-29-45-18-15-34(36)35-9-5-6-10-39(35)54-33-13-14-33/h5-6,9-10,15,18,27-29,33H,2-4,7-8,11-14,16-17,19-26,30H2,1H3,(H,46,48)(H,47,49). The highest BCUT2D eigenvalue weighted by atomic mass is 35.5. The molecule has 1 heterocycles. The molecular formula is C42H55Cl2N3O7. The number of halogens is 2. The van der Waals surface area contributed by atoms with Crippen LogP contribution in [0.1, 0.15) is 87.8 Å². The van der Waals surface area contributed by atoms with Crippen molar-refractivity contribution in [2.75, 3.05) is 52.7 Å². The molecule has 0 spiro atoms. The van der Waals surface area contributed by atoms with Gasteiger partial charge >= 0.3 is 0 Å². The number of nitrogens with one attached hydrogen (secondary N) is 2. The number of pyridine rings is 1. The van der Waals surface area contributed by atoms with E-state index in [-0.39, 0.29) is 11.8 Å². The first-order valence-electron chi connectivity index (χ1n) is 19.5. The highest BCUT2D eigenvalue weighted by Crippen LogP contribution is 2.53. The second-order valence-corrected chi connectivity index (χ2v) is 14.7. The third-order valence-electron chi connectivity index (χ3n) is 9.47. The maximum Gasteiger partial charge on any atom is 0.220 e. The van der Waals surface area contributed by atoms with Crippen LogP contribution in [0.15, 0.2) is 54.9 Å². The van der Waals surface area contributed by atoms with Crippen molar-refractivity contribution in [2.45, 2.75) is 95.9 Å². The Morgan fingerprint density at radius 1 is 0.796 bits per heavy atom. The van der Waals surface area contributed by atoms with Crippen LogP contribution in [0.4, 0.5) is 0 Å². The van der Waals surface area contributed by atoms with Gasteiger partial charge in [0, 0.05) is 59.5 Å². The van der Waals surface area contributed by atoms with Gasteiger partial charge in [0.2, 0.25) is 11.8 Å². The summed E-state index contributed by atoms with van der Waals surface area (Å²) in [5, 5.41) is 7.01. The number of nitrogens with zero attached hydrogens (tertiary/aromatic N) is 1. The molecule has 2 aliphatic carbocycles. The third kappa shape index (κ3) is 13.8. The summed E-state index contributed by atoms with van der Waals surface area (Å²) in [5.41, 5.74) is 4.58. The van der Waals surface area contributed by atoms with Gasteiger partial charge < -0.3 is 34.3 Å². The third-order valence-corrected chi connectivity index (χ3v) is 10.2. The minimum Gasteiger partial charge on any atom is -0.490 e. The second-order valence-electron chi connectivity index (χ2n) is 13.9. The molecule has 0 bridgehead atoms. The predicted molar refractivity (Wildman–Crippen MR) is 211 cm³/mol. The van der Waals surface area contributed by atoms with Crippen LogP contribution >= 0.6 is 23.2 Å². The minimum absolute atomic E-state index is 0.00474. The van der Waals surface area contributed by atoms with Crippen LogP contribution in [0.5, 0.6) is 5.75 Å². The number of rotatable bonds is 27. The number of unbranched alkanes of at least 4 members (excludes halogenated alkanes) is 2. The minimum atomic E-state index is -0.432. The topological polar surface area (TPSA) is 117 Å². The van der Waals surface area contributed by atoms with Crippen LogP contribution in [-0.2, 0) is 47.2 Å². The molecule has 1 aromatic heterocycles. The average Bonchev–Trinajstić information content (AvgIpc) is 4.13. The molecule has 2 aliphatic rings. The number of para-hydroxylation sites is 1. The van der Waals surface area contributed by atoms with E-state index in [0.717, 1.165) is 91.4 Å². The molecule has 2 amide bonds.